The molecule has 3 heterocycles. The van der Waals surface area contributed by atoms with Crippen molar-refractivity contribution in [3.63, 3.8) is 0 Å². The van der Waals surface area contributed by atoms with E-state index in [-0.39, 0.29) is 11.2 Å². The molecule has 0 unspecified atom stereocenters. The molecule has 1 aliphatic rings. The molecule has 0 atom stereocenters. The van der Waals surface area contributed by atoms with E-state index >= 15 is 0 Å². The van der Waals surface area contributed by atoms with Gasteiger partial charge in [-0.25, -0.2) is 13.2 Å². The standard InChI is InChI=1S/C18H16F6N6/c19-13-8-11(7-12(9-13)16(20)21)10-28-3-5-29(6-4-28)15-2-1-14-25-26-17(18(22,23)24)30(14)27-15/h1-2,7-9,16H,3-6,10H2. The lowest BCUT2D eigenvalue weighted by Gasteiger charge is -2.35. The highest BCUT2D eigenvalue weighted by molar-refractivity contribution is 5.46. The molecule has 0 bridgehead atoms. The Bertz CT molecular complexity index is 1040. The summed E-state index contributed by atoms with van der Waals surface area (Å²) in [5.74, 6) is -1.56. The van der Waals surface area contributed by atoms with Crippen molar-refractivity contribution < 1.29 is 26.3 Å². The molecule has 2 aromatic heterocycles. The van der Waals surface area contributed by atoms with Crippen LogP contribution in [0.5, 0.6) is 0 Å². The van der Waals surface area contributed by atoms with Crippen molar-refractivity contribution in [1.29, 1.82) is 0 Å². The Morgan fingerprint density at radius 3 is 2.37 bits per heavy atom. The molecule has 6 nitrogen and oxygen atoms in total. The van der Waals surface area contributed by atoms with Gasteiger partial charge in [0.25, 0.3) is 12.2 Å². The Kier molecular flexibility index (Phi) is 5.26. The van der Waals surface area contributed by atoms with Crippen molar-refractivity contribution in [1.82, 2.24) is 24.7 Å². The molecule has 0 radical (unpaired) electrons. The molecule has 1 fully saturated rings. The minimum absolute atomic E-state index is 0.00866. The first kappa shape index (κ1) is 20.4. The predicted molar refractivity (Wildman–Crippen MR) is 94.6 cm³/mol. The highest BCUT2D eigenvalue weighted by atomic mass is 19.4. The van der Waals surface area contributed by atoms with E-state index in [1.54, 1.807) is 6.07 Å². The fraction of sp³-hybridized carbons (Fsp3) is 0.389. The van der Waals surface area contributed by atoms with Gasteiger partial charge in [0, 0.05) is 38.3 Å². The summed E-state index contributed by atoms with van der Waals surface area (Å²) in [6.45, 7) is 2.22. The van der Waals surface area contributed by atoms with Gasteiger partial charge in [0.2, 0.25) is 0 Å². The second kappa shape index (κ2) is 7.74. The maximum atomic E-state index is 13.6. The van der Waals surface area contributed by atoms with Crippen molar-refractivity contribution in [2.75, 3.05) is 31.1 Å². The number of nitrogens with zero attached hydrogens (tertiary/aromatic N) is 6. The number of fused-ring (bicyclic) bond motifs is 1. The summed E-state index contributed by atoms with van der Waals surface area (Å²) in [6, 6.07) is 6.30. The van der Waals surface area contributed by atoms with E-state index in [4.69, 9.17) is 0 Å². The molecule has 0 N–H and O–H groups in total. The summed E-state index contributed by atoms with van der Waals surface area (Å²) >= 11 is 0. The quantitative estimate of drug-likeness (QED) is 0.593. The van der Waals surface area contributed by atoms with Crippen LogP contribution in [0.3, 0.4) is 0 Å². The maximum Gasteiger partial charge on any atom is 0.453 e. The van der Waals surface area contributed by atoms with Crippen molar-refractivity contribution in [2.45, 2.75) is 19.1 Å². The van der Waals surface area contributed by atoms with Gasteiger partial charge < -0.3 is 4.90 Å². The third-order valence-electron chi connectivity index (χ3n) is 4.84. The van der Waals surface area contributed by atoms with Crippen LogP contribution >= 0.6 is 0 Å². The summed E-state index contributed by atoms with van der Waals surface area (Å²) < 4.78 is 79.1. The van der Waals surface area contributed by atoms with Crippen LogP contribution in [0.15, 0.2) is 30.3 Å². The average molecular weight is 430 g/mol. The molecule has 0 amide bonds. The van der Waals surface area contributed by atoms with E-state index < -0.39 is 24.2 Å². The molecule has 4 rings (SSSR count). The number of aromatic nitrogens is 4. The number of halogens is 6. The second-order valence-corrected chi connectivity index (χ2v) is 6.94. The summed E-state index contributed by atoms with van der Waals surface area (Å²) in [4.78, 5) is 3.77. The van der Waals surface area contributed by atoms with Crippen LogP contribution in [-0.4, -0.2) is 50.9 Å². The van der Waals surface area contributed by atoms with Crippen LogP contribution in [0.2, 0.25) is 0 Å². The predicted octanol–water partition coefficient (Wildman–Crippen LogP) is 3.54. The number of rotatable bonds is 4. The molecule has 12 heteroatoms. The molecular formula is C18H16F6N6. The number of hydrogen-bond donors (Lipinski definition) is 0. The van der Waals surface area contributed by atoms with Gasteiger partial charge in [0.1, 0.15) is 11.6 Å². The van der Waals surface area contributed by atoms with Gasteiger partial charge in [0.05, 0.1) is 0 Å². The third kappa shape index (κ3) is 4.18. The molecule has 1 aromatic carbocycles. The van der Waals surface area contributed by atoms with Crippen LogP contribution in [0.1, 0.15) is 23.4 Å². The molecular weight excluding hydrogens is 414 g/mol. The lowest BCUT2D eigenvalue weighted by atomic mass is 10.1. The topological polar surface area (TPSA) is 49.6 Å². The van der Waals surface area contributed by atoms with Gasteiger partial charge in [-0.1, -0.05) is 0 Å². The zero-order chi connectivity index (χ0) is 21.5. The monoisotopic (exact) mass is 430 g/mol. The Balaban J connectivity index is 1.45. The number of anilines is 1. The zero-order valence-corrected chi connectivity index (χ0v) is 15.5. The van der Waals surface area contributed by atoms with Crippen molar-refractivity contribution in [3.8, 4) is 0 Å². The molecule has 160 valence electrons. The fourth-order valence-electron chi connectivity index (χ4n) is 3.41. The maximum absolute atomic E-state index is 13.6. The molecule has 0 saturated carbocycles. The lowest BCUT2D eigenvalue weighted by Crippen LogP contribution is -2.46. The van der Waals surface area contributed by atoms with E-state index in [2.05, 4.69) is 15.3 Å². The molecule has 3 aromatic rings. The zero-order valence-electron chi connectivity index (χ0n) is 15.5. The van der Waals surface area contributed by atoms with Gasteiger partial charge in [-0.15, -0.1) is 15.3 Å². The van der Waals surface area contributed by atoms with Gasteiger partial charge >= 0.3 is 6.18 Å². The molecule has 1 saturated heterocycles. The lowest BCUT2D eigenvalue weighted by molar-refractivity contribution is -0.146. The third-order valence-corrected chi connectivity index (χ3v) is 4.84. The van der Waals surface area contributed by atoms with Crippen LogP contribution in [0, 0.1) is 5.82 Å². The highest BCUT2D eigenvalue weighted by Gasteiger charge is 2.37. The van der Waals surface area contributed by atoms with Gasteiger partial charge in [0.15, 0.2) is 5.65 Å². The average Bonchev–Trinajstić information content (AvgIpc) is 3.12. The van der Waals surface area contributed by atoms with E-state index in [0.717, 1.165) is 6.07 Å². The molecule has 0 aliphatic carbocycles. The van der Waals surface area contributed by atoms with Gasteiger partial charge in [-0.05, 0) is 35.9 Å². The fourth-order valence-corrected chi connectivity index (χ4v) is 3.41. The van der Waals surface area contributed by atoms with Gasteiger partial charge in [-0.2, -0.15) is 17.7 Å². The van der Waals surface area contributed by atoms with Crippen LogP contribution in [0.4, 0.5) is 32.2 Å². The highest BCUT2D eigenvalue weighted by Crippen LogP contribution is 2.28. The Hall–Kier alpha value is -2.89. The second-order valence-electron chi connectivity index (χ2n) is 6.94. The largest absolute Gasteiger partial charge is 0.453 e. The number of benzene rings is 1. The first-order valence-corrected chi connectivity index (χ1v) is 9.05. The van der Waals surface area contributed by atoms with Crippen LogP contribution in [-0.2, 0) is 12.7 Å². The van der Waals surface area contributed by atoms with Crippen LogP contribution in [0.25, 0.3) is 5.65 Å². The van der Waals surface area contributed by atoms with E-state index in [9.17, 15) is 26.3 Å². The minimum atomic E-state index is -4.67. The minimum Gasteiger partial charge on any atom is -0.353 e. The normalized spacial score (nSPS) is 16.0. The van der Waals surface area contributed by atoms with Crippen molar-refractivity contribution in [2.24, 2.45) is 0 Å². The molecule has 30 heavy (non-hydrogen) atoms. The Labute approximate surface area is 166 Å². The van der Waals surface area contributed by atoms with Crippen molar-refractivity contribution >= 4 is 11.5 Å². The van der Waals surface area contributed by atoms with Gasteiger partial charge in [-0.3, -0.25) is 4.90 Å². The van der Waals surface area contributed by atoms with Crippen molar-refractivity contribution in [3.05, 3.63) is 53.1 Å². The van der Waals surface area contributed by atoms with E-state index in [1.807, 2.05) is 9.80 Å². The SMILES string of the molecule is Fc1cc(CN2CCN(c3ccc4nnc(C(F)(F)F)n4n3)CC2)cc(C(F)F)c1. The molecule has 0 spiro atoms. The summed E-state index contributed by atoms with van der Waals surface area (Å²) in [5.41, 5.74) is 0.0683. The van der Waals surface area contributed by atoms with Crippen LogP contribution < -0.4 is 4.90 Å². The smallest absolute Gasteiger partial charge is 0.353 e. The summed E-state index contributed by atoms with van der Waals surface area (Å²) in [5, 5.41) is 10.7. The summed E-state index contributed by atoms with van der Waals surface area (Å²) in [7, 11) is 0. The number of alkyl halides is 5. The number of piperazine rings is 1. The van der Waals surface area contributed by atoms with E-state index in [0.29, 0.717) is 48.6 Å². The Morgan fingerprint density at radius 1 is 0.967 bits per heavy atom. The summed E-state index contributed by atoms with van der Waals surface area (Å²) in [6.07, 6.45) is -7.43. The first-order valence-electron chi connectivity index (χ1n) is 9.05. The van der Waals surface area contributed by atoms with E-state index in [1.165, 1.54) is 18.2 Å². The number of hydrogen-bond acceptors (Lipinski definition) is 5. The Morgan fingerprint density at radius 2 is 1.70 bits per heavy atom. The molecule has 1 aliphatic heterocycles. The first-order chi connectivity index (χ1) is 14.2.